The lowest BCUT2D eigenvalue weighted by atomic mass is 9.90. The molecule has 0 N–H and O–H groups in total. The number of aryl methyl sites for hydroxylation is 2. The first kappa shape index (κ1) is 20.4. The summed E-state index contributed by atoms with van der Waals surface area (Å²) in [6.07, 6.45) is 1.02. The summed E-state index contributed by atoms with van der Waals surface area (Å²) in [7, 11) is 0. The lowest BCUT2D eigenvalue weighted by Crippen LogP contribution is -2.41. The van der Waals surface area contributed by atoms with Crippen LogP contribution in [-0.4, -0.2) is 33.7 Å². The van der Waals surface area contributed by atoms with Crippen LogP contribution < -0.4 is 0 Å². The molecule has 1 aromatic heterocycles. The van der Waals surface area contributed by atoms with Crippen molar-refractivity contribution in [2.24, 2.45) is 5.92 Å². The maximum Gasteiger partial charge on any atom is 0.416 e. The first-order valence-corrected chi connectivity index (χ1v) is 9.86. The molecule has 3 rings (SSSR count). The number of rotatable bonds is 6. The summed E-state index contributed by atoms with van der Waals surface area (Å²) >= 11 is 0. The number of hydrogen-bond donors (Lipinski definition) is 0. The summed E-state index contributed by atoms with van der Waals surface area (Å²) in [6.45, 7) is 4.00. The topological polar surface area (TPSA) is 38.1 Å². The molecule has 1 aromatic carbocycles. The quantitative estimate of drug-likeness (QED) is 0.707. The summed E-state index contributed by atoms with van der Waals surface area (Å²) in [5, 5.41) is 4.21. The van der Waals surface area contributed by atoms with Crippen LogP contribution in [-0.2, 0) is 19.1 Å². The molecule has 1 amide bonds. The Morgan fingerprint density at radius 3 is 2.79 bits per heavy atom. The molecule has 1 saturated heterocycles. The summed E-state index contributed by atoms with van der Waals surface area (Å²) in [5.41, 5.74) is 0.367. The molecule has 2 heterocycles. The van der Waals surface area contributed by atoms with E-state index < -0.39 is 11.7 Å². The van der Waals surface area contributed by atoms with E-state index in [1.807, 2.05) is 11.8 Å². The van der Waals surface area contributed by atoms with Crippen LogP contribution in [0.4, 0.5) is 13.2 Å². The molecule has 1 aliphatic rings. The van der Waals surface area contributed by atoms with E-state index in [0.29, 0.717) is 43.7 Å². The molecule has 1 atom stereocenters. The minimum atomic E-state index is -4.33. The average Bonchev–Trinajstić information content (AvgIpc) is 3.14. The minimum Gasteiger partial charge on any atom is -0.337 e. The van der Waals surface area contributed by atoms with E-state index in [2.05, 4.69) is 5.10 Å². The molecule has 0 spiro atoms. The van der Waals surface area contributed by atoms with E-state index in [1.165, 1.54) is 6.07 Å². The fourth-order valence-corrected chi connectivity index (χ4v) is 3.93. The van der Waals surface area contributed by atoms with Gasteiger partial charge in [0.15, 0.2) is 0 Å². The SMILES string of the molecule is CCCn1nccc1C(=O)N1CCC[C@@H](CCc2ccccc2C(F)(F)F)C1. The van der Waals surface area contributed by atoms with Crippen LogP contribution in [0.25, 0.3) is 0 Å². The summed E-state index contributed by atoms with van der Waals surface area (Å²) in [5.74, 6) is 0.174. The Bertz CT molecular complexity index is 800. The van der Waals surface area contributed by atoms with Crippen molar-refractivity contribution in [2.45, 2.75) is 51.7 Å². The van der Waals surface area contributed by atoms with Gasteiger partial charge in [-0.2, -0.15) is 18.3 Å². The molecule has 152 valence electrons. The second-order valence-corrected chi connectivity index (χ2v) is 7.39. The zero-order chi connectivity index (χ0) is 20.1. The predicted octanol–water partition coefficient (Wildman–Crippen LogP) is 4.80. The number of piperidine rings is 1. The number of likely N-dealkylation sites (tertiary alicyclic amines) is 1. The second kappa shape index (κ2) is 8.80. The molecule has 1 fully saturated rings. The molecule has 0 radical (unpaired) electrons. The van der Waals surface area contributed by atoms with E-state index >= 15 is 0 Å². The molecular weight excluding hydrogens is 367 g/mol. The van der Waals surface area contributed by atoms with E-state index in [0.717, 1.165) is 25.3 Å². The highest BCUT2D eigenvalue weighted by Crippen LogP contribution is 2.33. The normalized spacial score (nSPS) is 17.7. The molecule has 0 saturated carbocycles. The van der Waals surface area contributed by atoms with Gasteiger partial charge < -0.3 is 4.90 Å². The molecule has 2 aromatic rings. The average molecular weight is 393 g/mol. The molecule has 4 nitrogen and oxygen atoms in total. The van der Waals surface area contributed by atoms with Crippen LogP contribution in [0.3, 0.4) is 0 Å². The van der Waals surface area contributed by atoms with Gasteiger partial charge in [-0.15, -0.1) is 0 Å². The molecule has 0 unspecified atom stereocenters. The van der Waals surface area contributed by atoms with Crippen molar-refractivity contribution in [3.05, 3.63) is 53.3 Å². The van der Waals surface area contributed by atoms with Gasteiger partial charge in [0.05, 0.1) is 5.56 Å². The van der Waals surface area contributed by atoms with Crippen LogP contribution >= 0.6 is 0 Å². The number of aromatic nitrogens is 2. The van der Waals surface area contributed by atoms with E-state index in [9.17, 15) is 18.0 Å². The standard InChI is InChI=1S/C21H26F3N3O/c1-2-13-27-19(11-12-25-27)20(28)26-14-5-6-16(15-26)9-10-17-7-3-4-8-18(17)21(22,23)24/h3-4,7-8,11-12,16H,2,5-6,9-10,13-15H2,1H3/t16-/m0/s1. The zero-order valence-corrected chi connectivity index (χ0v) is 16.1. The van der Waals surface area contributed by atoms with Crippen LogP contribution in [0.2, 0.25) is 0 Å². The predicted molar refractivity (Wildman–Crippen MR) is 101 cm³/mol. The van der Waals surface area contributed by atoms with Crippen LogP contribution in [0.1, 0.15) is 54.2 Å². The van der Waals surface area contributed by atoms with Gasteiger partial charge in [0, 0.05) is 25.8 Å². The van der Waals surface area contributed by atoms with Gasteiger partial charge in [0.2, 0.25) is 0 Å². The molecule has 1 aliphatic heterocycles. The Labute approximate surface area is 163 Å². The number of carbonyl (C=O) groups is 1. The largest absolute Gasteiger partial charge is 0.416 e. The lowest BCUT2D eigenvalue weighted by molar-refractivity contribution is -0.138. The number of carbonyl (C=O) groups excluding carboxylic acids is 1. The second-order valence-electron chi connectivity index (χ2n) is 7.39. The van der Waals surface area contributed by atoms with Crippen molar-refractivity contribution in [3.63, 3.8) is 0 Å². The Hall–Kier alpha value is -2.31. The third kappa shape index (κ3) is 4.75. The Kier molecular flexibility index (Phi) is 6.42. The lowest BCUT2D eigenvalue weighted by Gasteiger charge is -2.33. The van der Waals surface area contributed by atoms with Gasteiger partial charge in [-0.1, -0.05) is 25.1 Å². The number of alkyl halides is 3. The van der Waals surface area contributed by atoms with Gasteiger partial charge >= 0.3 is 6.18 Å². The van der Waals surface area contributed by atoms with Crippen molar-refractivity contribution >= 4 is 5.91 Å². The fraction of sp³-hybridized carbons (Fsp3) is 0.524. The number of benzene rings is 1. The fourth-order valence-electron chi connectivity index (χ4n) is 3.93. The van der Waals surface area contributed by atoms with Crippen molar-refractivity contribution < 1.29 is 18.0 Å². The molecule has 0 aliphatic carbocycles. The number of amides is 1. The maximum absolute atomic E-state index is 13.2. The molecule has 28 heavy (non-hydrogen) atoms. The smallest absolute Gasteiger partial charge is 0.337 e. The van der Waals surface area contributed by atoms with Crippen molar-refractivity contribution in [1.29, 1.82) is 0 Å². The maximum atomic E-state index is 13.2. The van der Waals surface area contributed by atoms with Crippen LogP contribution in [0.15, 0.2) is 36.5 Å². The van der Waals surface area contributed by atoms with Crippen molar-refractivity contribution in [1.82, 2.24) is 14.7 Å². The van der Waals surface area contributed by atoms with Gasteiger partial charge in [-0.3, -0.25) is 9.48 Å². The van der Waals surface area contributed by atoms with Gasteiger partial charge in [0.1, 0.15) is 5.69 Å². The Morgan fingerprint density at radius 2 is 2.04 bits per heavy atom. The van der Waals surface area contributed by atoms with Gasteiger partial charge in [-0.05, 0) is 55.7 Å². The van der Waals surface area contributed by atoms with Crippen LogP contribution in [0, 0.1) is 5.92 Å². The number of hydrogen-bond acceptors (Lipinski definition) is 2. The highest BCUT2D eigenvalue weighted by molar-refractivity contribution is 5.92. The van der Waals surface area contributed by atoms with Crippen LogP contribution in [0.5, 0.6) is 0 Å². The highest BCUT2D eigenvalue weighted by atomic mass is 19.4. The summed E-state index contributed by atoms with van der Waals surface area (Å²) < 4.78 is 41.3. The third-order valence-corrected chi connectivity index (χ3v) is 5.32. The number of nitrogens with zero attached hydrogens (tertiary/aromatic N) is 3. The minimum absolute atomic E-state index is 0.0358. The van der Waals surface area contributed by atoms with Gasteiger partial charge in [0.25, 0.3) is 5.91 Å². The summed E-state index contributed by atoms with van der Waals surface area (Å²) in [6, 6.07) is 7.50. The van der Waals surface area contributed by atoms with E-state index in [1.54, 1.807) is 29.1 Å². The number of halogens is 3. The molecule has 0 bridgehead atoms. The van der Waals surface area contributed by atoms with Gasteiger partial charge in [-0.25, -0.2) is 0 Å². The third-order valence-electron chi connectivity index (χ3n) is 5.32. The molecule has 7 heteroatoms. The summed E-state index contributed by atoms with van der Waals surface area (Å²) in [4.78, 5) is 14.7. The first-order valence-electron chi connectivity index (χ1n) is 9.86. The molecular formula is C21H26F3N3O. The Morgan fingerprint density at radius 1 is 1.25 bits per heavy atom. The van der Waals surface area contributed by atoms with Crippen molar-refractivity contribution in [3.8, 4) is 0 Å². The first-order chi connectivity index (χ1) is 13.4. The zero-order valence-electron chi connectivity index (χ0n) is 16.1. The highest BCUT2D eigenvalue weighted by Gasteiger charge is 2.33. The van der Waals surface area contributed by atoms with E-state index in [4.69, 9.17) is 0 Å². The Balaban J connectivity index is 1.63. The van der Waals surface area contributed by atoms with E-state index in [-0.39, 0.29) is 11.8 Å². The monoisotopic (exact) mass is 393 g/mol. The van der Waals surface area contributed by atoms with Crippen molar-refractivity contribution in [2.75, 3.05) is 13.1 Å².